The summed E-state index contributed by atoms with van der Waals surface area (Å²) in [6.45, 7) is 9.06. The van der Waals surface area contributed by atoms with E-state index in [1.807, 2.05) is 19.2 Å². The normalized spacial score (nSPS) is 31.8. The third-order valence-corrected chi connectivity index (χ3v) is 16.4. The molecular formula is C53H62N4O9. The predicted molar refractivity (Wildman–Crippen MR) is 250 cm³/mol. The maximum absolute atomic E-state index is 15.5. The fourth-order valence-electron chi connectivity index (χ4n) is 14.0. The highest BCUT2D eigenvalue weighted by Crippen LogP contribution is 2.68. The predicted octanol–water partition coefficient (Wildman–Crippen LogP) is 6.49. The number of esters is 3. The second-order valence-corrected chi connectivity index (χ2v) is 19.4. The Balaban J connectivity index is 1.23. The number of H-pyrrole nitrogens is 1. The van der Waals surface area contributed by atoms with Crippen LogP contribution < -0.4 is 14.4 Å². The minimum Gasteiger partial charge on any atom is -0.496 e. The molecule has 13 nitrogen and oxygen atoms in total. The van der Waals surface area contributed by atoms with Crippen LogP contribution in [0.2, 0.25) is 0 Å². The van der Waals surface area contributed by atoms with Gasteiger partial charge in [0.1, 0.15) is 35.2 Å². The zero-order valence-electron chi connectivity index (χ0n) is 39.1. The smallest absolute Gasteiger partial charge is 0.342 e. The molecule has 1 saturated carbocycles. The number of hydrogen-bond donors (Lipinski definition) is 2. The summed E-state index contributed by atoms with van der Waals surface area (Å²) in [5.41, 5.74) is 1.82. The summed E-state index contributed by atoms with van der Waals surface area (Å²) in [6.07, 6.45) is 8.73. The summed E-state index contributed by atoms with van der Waals surface area (Å²) >= 11 is 0. The SMILES string of the molecule is CCC1=C[C@@H]2CN(CCc3c([nH]c4ccccc34)[C@@](C(=O)OC)(c3cc4c(cc3OC)N(C)[C@H]3[C@@](O)(COC(=O)c5ccccc5OC)[C@H](OC(C)=O)[C@]5(CC)C=CCN6CC[C@]43C65)C2)C1. The number of aliphatic hydroxyl groups is 1. The van der Waals surface area contributed by atoms with E-state index in [2.05, 4.69) is 76.0 Å². The van der Waals surface area contributed by atoms with Gasteiger partial charge in [0, 0.05) is 90.9 Å². The number of hydrogen-bond acceptors (Lipinski definition) is 12. The van der Waals surface area contributed by atoms with Crippen LogP contribution in [-0.2, 0) is 41.1 Å². The van der Waals surface area contributed by atoms with Crippen LogP contribution in [0.5, 0.6) is 11.5 Å². The van der Waals surface area contributed by atoms with E-state index in [0.29, 0.717) is 49.4 Å². The molecule has 2 N–H and O–H groups in total. The lowest BCUT2D eigenvalue weighted by Gasteiger charge is -2.64. The third-order valence-electron chi connectivity index (χ3n) is 16.4. The van der Waals surface area contributed by atoms with E-state index >= 15 is 4.79 Å². The van der Waals surface area contributed by atoms with Crippen molar-refractivity contribution < 1.29 is 43.2 Å². The van der Waals surface area contributed by atoms with Gasteiger partial charge in [-0.05, 0) is 80.0 Å². The van der Waals surface area contributed by atoms with E-state index in [4.69, 9.17) is 23.7 Å². The monoisotopic (exact) mass is 898 g/mol. The highest BCUT2D eigenvalue weighted by atomic mass is 16.6. The van der Waals surface area contributed by atoms with E-state index < -0.39 is 52.5 Å². The van der Waals surface area contributed by atoms with Crippen molar-refractivity contribution in [3.8, 4) is 11.5 Å². The molecule has 2 bridgehead atoms. The van der Waals surface area contributed by atoms with Gasteiger partial charge in [0.05, 0.1) is 27.4 Å². The van der Waals surface area contributed by atoms with Crippen molar-refractivity contribution in [1.82, 2.24) is 14.8 Å². The topological polar surface area (TPSA) is 143 Å². The molecule has 9 atom stereocenters. The number of anilines is 1. The van der Waals surface area contributed by atoms with Crippen molar-refractivity contribution in [3.05, 3.63) is 112 Å². The molecule has 0 radical (unpaired) electrons. The van der Waals surface area contributed by atoms with Crippen molar-refractivity contribution in [1.29, 1.82) is 0 Å². The molecule has 66 heavy (non-hydrogen) atoms. The number of carbonyl (C=O) groups is 3. The van der Waals surface area contributed by atoms with Gasteiger partial charge in [-0.25, -0.2) is 4.79 Å². The van der Waals surface area contributed by atoms with Crippen molar-refractivity contribution in [2.75, 3.05) is 72.6 Å². The molecule has 4 aromatic rings. The van der Waals surface area contributed by atoms with Gasteiger partial charge < -0.3 is 38.7 Å². The number of aromatic amines is 1. The zero-order valence-corrected chi connectivity index (χ0v) is 39.1. The van der Waals surface area contributed by atoms with E-state index in [0.717, 1.165) is 65.9 Å². The lowest BCUT2D eigenvalue weighted by Crippen LogP contribution is -2.80. The van der Waals surface area contributed by atoms with E-state index in [-0.39, 0.29) is 23.5 Å². The number of aromatic nitrogens is 1. The van der Waals surface area contributed by atoms with Crippen molar-refractivity contribution in [2.45, 2.75) is 87.5 Å². The van der Waals surface area contributed by atoms with Gasteiger partial charge in [0.15, 0.2) is 5.60 Å². The van der Waals surface area contributed by atoms with Gasteiger partial charge in [-0.3, -0.25) is 19.4 Å². The fraction of sp³-hybridized carbons (Fsp3) is 0.491. The van der Waals surface area contributed by atoms with Crippen molar-refractivity contribution >= 4 is 34.5 Å². The Morgan fingerprint density at radius 1 is 0.939 bits per heavy atom. The second-order valence-electron chi connectivity index (χ2n) is 19.4. The summed E-state index contributed by atoms with van der Waals surface area (Å²) in [7, 11) is 6.56. The zero-order chi connectivity index (χ0) is 46.3. The standard InChI is InChI=1S/C53H62N4O9/c1-8-33-25-34-28-52(49(60)64-7,44-36(19-23-56(29-33)30-34)35-15-10-12-17-40(35)54-44)39-26-38-41(27-43(39)63-6)55(4)47-51(38)21-24-57-22-14-20-50(9-2,46(51)57)48(66-32(3)58)53(47,61)31-65-45(59)37-16-11-13-18-42(37)62-5/h10-18,20,25-27,34,46-48,54,61H,8-9,19,21-24,28-31H2,1-7H3/t34-,46?,47+,48+,50+,51+,52-,53-/m0/s1. The molecule has 6 heterocycles. The van der Waals surface area contributed by atoms with Crippen LogP contribution in [0.1, 0.15) is 79.2 Å². The number of nitrogens with one attached hydrogen (secondary N) is 1. The highest BCUT2D eigenvalue weighted by molar-refractivity contribution is 5.95. The van der Waals surface area contributed by atoms with Gasteiger partial charge >= 0.3 is 17.9 Å². The average Bonchev–Trinajstić information content (AvgIpc) is 4.00. The van der Waals surface area contributed by atoms with Crippen LogP contribution in [0.15, 0.2) is 84.5 Å². The first-order valence-corrected chi connectivity index (χ1v) is 23.5. The molecule has 5 aliphatic heterocycles. The molecule has 1 aromatic heterocycles. The van der Waals surface area contributed by atoms with Gasteiger partial charge in [-0.15, -0.1) is 0 Å². The number of carbonyl (C=O) groups excluding carboxylic acids is 3. The number of para-hydroxylation sites is 2. The van der Waals surface area contributed by atoms with Gasteiger partial charge in [-0.2, -0.15) is 0 Å². The molecule has 2 fully saturated rings. The van der Waals surface area contributed by atoms with Gasteiger partial charge in [0.25, 0.3) is 0 Å². The molecule has 6 aliphatic rings. The first-order valence-electron chi connectivity index (χ1n) is 23.5. The Bertz CT molecular complexity index is 2670. The summed E-state index contributed by atoms with van der Waals surface area (Å²) in [4.78, 5) is 53.8. The molecule has 3 aromatic carbocycles. The number of nitrogens with zero attached hydrogens (tertiary/aromatic N) is 3. The molecule has 348 valence electrons. The van der Waals surface area contributed by atoms with Gasteiger partial charge in [-0.1, -0.05) is 68.0 Å². The molecule has 1 spiro atoms. The van der Waals surface area contributed by atoms with Crippen molar-refractivity contribution in [2.24, 2.45) is 11.3 Å². The Hall–Kier alpha value is -5.63. The minimum atomic E-state index is -1.95. The molecule has 13 heteroatoms. The highest BCUT2D eigenvalue weighted by Gasteiger charge is 2.78. The Morgan fingerprint density at radius 2 is 1.71 bits per heavy atom. The van der Waals surface area contributed by atoms with E-state index in [1.165, 1.54) is 26.7 Å². The fourth-order valence-corrected chi connectivity index (χ4v) is 14.0. The molecule has 2 unspecified atom stereocenters. The quantitative estimate of drug-likeness (QED) is 0.102. The first-order chi connectivity index (χ1) is 31.8. The van der Waals surface area contributed by atoms with E-state index in [1.54, 1.807) is 31.4 Å². The first kappa shape index (κ1) is 44.2. The van der Waals surface area contributed by atoms with Crippen LogP contribution in [0.25, 0.3) is 10.9 Å². The molecule has 1 saturated heterocycles. The molecular weight excluding hydrogens is 837 g/mol. The van der Waals surface area contributed by atoms with Gasteiger partial charge in [0.2, 0.25) is 0 Å². The van der Waals surface area contributed by atoms with Crippen LogP contribution in [-0.4, -0.2) is 129 Å². The number of likely N-dealkylation sites (N-methyl/N-ethyl adjacent to an activating group) is 1. The van der Waals surface area contributed by atoms with Crippen molar-refractivity contribution in [3.63, 3.8) is 0 Å². The summed E-state index contributed by atoms with van der Waals surface area (Å²) < 4.78 is 30.7. The summed E-state index contributed by atoms with van der Waals surface area (Å²) in [5.74, 6) is -0.731. The van der Waals surface area contributed by atoms with Crippen LogP contribution >= 0.6 is 0 Å². The number of methoxy groups -OCH3 is 3. The number of ether oxygens (including phenoxy) is 5. The second kappa shape index (κ2) is 16.3. The molecule has 1 aliphatic carbocycles. The lowest BCUT2D eigenvalue weighted by atomic mass is 9.47. The Labute approximate surface area is 386 Å². The maximum Gasteiger partial charge on any atom is 0.342 e. The summed E-state index contributed by atoms with van der Waals surface area (Å²) in [5, 5.41) is 15.0. The Kier molecular flexibility index (Phi) is 10.9. The number of fused-ring (bicyclic) bond motifs is 6. The Morgan fingerprint density at radius 3 is 2.45 bits per heavy atom. The van der Waals surface area contributed by atoms with Crippen LogP contribution in [0, 0.1) is 11.3 Å². The van der Waals surface area contributed by atoms with Crippen LogP contribution in [0.4, 0.5) is 5.69 Å². The lowest BCUT2D eigenvalue weighted by molar-refractivity contribution is -0.228. The average molecular weight is 899 g/mol. The number of benzene rings is 3. The third kappa shape index (κ3) is 6.18. The summed E-state index contributed by atoms with van der Waals surface area (Å²) in [6, 6.07) is 18.3. The van der Waals surface area contributed by atoms with Crippen LogP contribution in [0.3, 0.4) is 0 Å². The molecule has 0 amide bonds. The molecule has 10 rings (SSSR count). The largest absolute Gasteiger partial charge is 0.496 e. The number of rotatable bonds is 10. The maximum atomic E-state index is 15.5. The van der Waals surface area contributed by atoms with E-state index in [9.17, 15) is 14.7 Å². The minimum absolute atomic E-state index is 0.0112.